The molecule has 1 amide bonds. The number of nitrogens with zero attached hydrogens (tertiary/aromatic N) is 4. The first-order valence-corrected chi connectivity index (χ1v) is 7.54. The summed E-state index contributed by atoms with van der Waals surface area (Å²) in [6.45, 7) is 1.27. The second-order valence-electron chi connectivity index (χ2n) is 5.66. The SMILES string of the molecule is Cn1nccc1C1CCN(C(=O)c2cccc(C(=O)O)n2)CC1. The number of rotatable bonds is 3. The molecule has 3 heterocycles. The van der Waals surface area contributed by atoms with E-state index in [1.54, 1.807) is 23.2 Å². The smallest absolute Gasteiger partial charge is 0.354 e. The molecule has 7 nitrogen and oxygen atoms in total. The first-order valence-electron chi connectivity index (χ1n) is 7.54. The van der Waals surface area contributed by atoms with Crippen LogP contribution in [-0.4, -0.2) is 49.7 Å². The molecule has 0 aromatic carbocycles. The highest BCUT2D eigenvalue weighted by Gasteiger charge is 2.26. The van der Waals surface area contributed by atoms with Gasteiger partial charge in [-0.15, -0.1) is 0 Å². The van der Waals surface area contributed by atoms with Crippen LogP contribution in [0.5, 0.6) is 0 Å². The standard InChI is InChI=1S/C16H18N4O3/c1-19-14(5-8-17-19)11-6-9-20(10-7-11)15(21)12-3-2-4-13(18-12)16(22)23/h2-5,8,11H,6-7,9-10H2,1H3,(H,22,23). The number of hydrogen-bond donors (Lipinski definition) is 1. The molecule has 1 aliphatic heterocycles. The van der Waals surface area contributed by atoms with Crippen molar-refractivity contribution in [3.8, 4) is 0 Å². The van der Waals surface area contributed by atoms with Crippen molar-refractivity contribution in [3.63, 3.8) is 0 Å². The van der Waals surface area contributed by atoms with Gasteiger partial charge in [0.2, 0.25) is 0 Å². The van der Waals surface area contributed by atoms with E-state index in [1.807, 2.05) is 17.8 Å². The minimum Gasteiger partial charge on any atom is -0.477 e. The third-order valence-corrected chi connectivity index (χ3v) is 4.25. The van der Waals surface area contributed by atoms with Gasteiger partial charge in [-0.1, -0.05) is 6.07 Å². The van der Waals surface area contributed by atoms with Crippen molar-refractivity contribution < 1.29 is 14.7 Å². The van der Waals surface area contributed by atoms with Crippen molar-refractivity contribution >= 4 is 11.9 Å². The lowest BCUT2D eigenvalue weighted by atomic mass is 9.93. The summed E-state index contributed by atoms with van der Waals surface area (Å²) in [5.41, 5.74) is 1.26. The molecule has 2 aromatic heterocycles. The van der Waals surface area contributed by atoms with Gasteiger partial charge in [0.1, 0.15) is 11.4 Å². The van der Waals surface area contributed by atoms with E-state index in [9.17, 15) is 9.59 Å². The lowest BCUT2D eigenvalue weighted by Crippen LogP contribution is -2.38. The molecule has 3 rings (SSSR count). The Morgan fingerprint density at radius 2 is 1.87 bits per heavy atom. The molecule has 120 valence electrons. The zero-order valence-corrected chi connectivity index (χ0v) is 12.8. The average molecular weight is 314 g/mol. The number of carbonyl (C=O) groups excluding carboxylic acids is 1. The Bertz CT molecular complexity index is 732. The van der Waals surface area contributed by atoms with Crippen LogP contribution in [0.15, 0.2) is 30.5 Å². The van der Waals surface area contributed by atoms with E-state index in [-0.39, 0.29) is 17.3 Å². The monoisotopic (exact) mass is 314 g/mol. The van der Waals surface area contributed by atoms with E-state index < -0.39 is 5.97 Å². The fourth-order valence-electron chi connectivity index (χ4n) is 3.00. The van der Waals surface area contributed by atoms with E-state index >= 15 is 0 Å². The number of piperidine rings is 1. The third-order valence-electron chi connectivity index (χ3n) is 4.25. The number of pyridine rings is 1. The molecule has 1 fully saturated rings. The van der Waals surface area contributed by atoms with Crippen LogP contribution in [0.2, 0.25) is 0 Å². The van der Waals surface area contributed by atoms with Gasteiger partial charge in [0.05, 0.1) is 0 Å². The van der Waals surface area contributed by atoms with Crippen LogP contribution >= 0.6 is 0 Å². The molecule has 0 aliphatic carbocycles. The minimum atomic E-state index is -1.13. The van der Waals surface area contributed by atoms with E-state index in [1.165, 1.54) is 11.8 Å². The number of carboxylic acid groups (broad SMARTS) is 1. The van der Waals surface area contributed by atoms with E-state index in [0.717, 1.165) is 12.8 Å². The Morgan fingerprint density at radius 3 is 2.48 bits per heavy atom. The van der Waals surface area contributed by atoms with Crippen molar-refractivity contribution in [1.29, 1.82) is 0 Å². The Kier molecular flexibility index (Phi) is 4.10. The fourth-order valence-corrected chi connectivity index (χ4v) is 3.00. The van der Waals surface area contributed by atoms with Crippen molar-refractivity contribution in [2.45, 2.75) is 18.8 Å². The van der Waals surface area contributed by atoms with E-state index in [0.29, 0.717) is 19.0 Å². The first kappa shape index (κ1) is 15.2. The average Bonchev–Trinajstić information content (AvgIpc) is 3.00. The Labute approximate surface area is 133 Å². The van der Waals surface area contributed by atoms with Gasteiger partial charge in [0.25, 0.3) is 5.91 Å². The molecular formula is C16H18N4O3. The number of carbonyl (C=O) groups is 2. The predicted octanol–water partition coefficient (Wildman–Crippen LogP) is 1.53. The van der Waals surface area contributed by atoms with Crippen LogP contribution in [0.3, 0.4) is 0 Å². The Hall–Kier alpha value is -2.70. The van der Waals surface area contributed by atoms with Crippen LogP contribution in [0.1, 0.15) is 45.4 Å². The third kappa shape index (κ3) is 3.08. The van der Waals surface area contributed by atoms with Gasteiger partial charge in [0, 0.05) is 37.9 Å². The molecule has 1 saturated heterocycles. The molecule has 0 spiro atoms. The summed E-state index contributed by atoms with van der Waals surface area (Å²) in [6.07, 6.45) is 3.52. The summed E-state index contributed by atoms with van der Waals surface area (Å²) >= 11 is 0. The normalized spacial score (nSPS) is 15.6. The van der Waals surface area contributed by atoms with Gasteiger partial charge in [-0.05, 0) is 31.0 Å². The second kappa shape index (κ2) is 6.20. The molecule has 23 heavy (non-hydrogen) atoms. The molecule has 0 saturated carbocycles. The molecule has 0 unspecified atom stereocenters. The predicted molar refractivity (Wildman–Crippen MR) is 82.3 cm³/mol. The summed E-state index contributed by atoms with van der Waals surface area (Å²) < 4.78 is 1.88. The maximum absolute atomic E-state index is 12.5. The Balaban J connectivity index is 1.68. The summed E-state index contributed by atoms with van der Waals surface area (Å²) in [7, 11) is 1.92. The summed E-state index contributed by atoms with van der Waals surface area (Å²) in [6, 6.07) is 6.50. The number of amides is 1. The zero-order valence-electron chi connectivity index (χ0n) is 12.8. The van der Waals surface area contributed by atoms with Crippen LogP contribution < -0.4 is 0 Å². The molecule has 7 heteroatoms. The van der Waals surface area contributed by atoms with Crippen LogP contribution in [-0.2, 0) is 7.05 Å². The lowest BCUT2D eigenvalue weighted by Gasteiger charge is -2.31. The topological polar surface area (TPSA) is 88.3 Å². The van der Waals surface area contributed by atoms with Crippen LogP contribution in [0.4, 0.5) is 0 Å². The van der Waals surface area contributed by atoms with Crippen LogP contribution in [0, 0.1) is 0 Å². The van der Waals surface area contributed by atoms with Crippen LogP contribution in [0.25, 0.3) is 0 Å². The van der Waals surface area contributed by atoms with Gasteiger partial charge in [-0.2, -0.15) is 5.10 Å². The number of hydrogen-bond acceptors (Lipinski definition) is 4. The van der Waals surface area contributed by atoms with Gasteiger partial charge in [-0.3, -0.25) is 9.48 Å². The number of aromatic carboxylic acids is 1. The van der Waals surface area contributed by atoms with Gasteiger partial charge in [0.15, 0.2) is 0 Å². The highest BCUT2D eigenvalue weighted by Crippen LogP contribution is 2.27. The zero-order chi connectivity index (χ0) is 16.4. The Morgan fingerprint density at radius 1 is 1.17 bits per heavy atom. The summed E-state index contributed by atoms with van der Waals surface area (Å²) in [4.78, 5) is 29.1. The molecule has 0 radical (unpaired) electrons. The summed E-state index contributed by atoms with van der Waals surface area (Å²) in [5, 5.41) is 13.2. The van der Waals surface area contributed by atoms with Gasteiger partial charge >= 0.3 is 5.97 Å². The largest absolute Gasteiger partial charge is 0.477 e. The lowest BCUT2D eigenvalue weighted by molar-refractivity contribution is 0.0688. The van der Waals surface area contributed by atoms with E-state index in [2.05, 4.69) is 10.1 Å². The highest BCUT2D eigenvalue weighted by molar-refractivity contribution is 5.94. The van der Waals surface area contributed by atoms with Crippen molar-refractivity contribution in [2.75, 3.05) is 13.1 Å². The number of aryl methyl sites for hydroxylation is 1. The molecule has 0 bridgehead atoms. The number of likely N-dealkylation sites (tertiary alicyclic amines) is 1. The van der Waals surface area contributed by atoms with Crippen molar-refractivity contribution in [3.05, 3.63) is 47.5 Å². The maximum Gasteiger partial charge on any atom is 0.354 e. The van der Waals surface area contributed by atoms with Crippen molar-refractivity contribution in [2.24, 2.45) is 7.05 Å². The molecule has 1 aliphatic rings. The quantitative estimate of drug-likeness (QED) is 0.928. The molecule has 1 N–H and O–H groups in total. The number of aromatic nitrogens is 3. The molecule has 2 aromatic rings. The molecule has 0 atom stereocenters. The number of carboxylic acids is 1. The fraction of sp³-hybridized carbons (Fsp3) is 0.375. The first-order chi connectivity index (χ1) is 11.1. The second-order valence-corrected chi connectivity index (χ2v) is 5.66. The van der Waals surface area contributed by atoms with Gasteiger partial charge in [-0.25, -0.2) is 9.78 Å². The van der Waals surface area contributed by atoms with Crippen molar-refractivity contribution in [1.82, 2.24) is 19.7 Å². The maximum atomic E-state index is 12.5. The minimum absolute atomic E-state index is 0.111. The summed E-state index contributed by atoms with van der Waals surface area (Å²) in [5.74, 6) is -0.948. The van der Waals surface area contributed by atoms with E-state index in [4.69, 9.17) is 5.11 Å². The molecular weight excluding hydrogens is 296 g/mol. The highest BCUT2D eigenvalue weighted by atomic mass is 16.4. The van der Waals surface area contributed by atoms with Gasteiger partial charge < -0.3 is 10.0 Å².